The highest BCUT2D eigenvalue weighted by Crippen LogP contribution is 2.09. The molecule has 2 rings (SSSR count). The summed E-state index contributed by atoms with van der Waals surface area (Å²) in [5.41, 5.74) is 0.817. The van der Waals surface area contributed by atoms with Crippen LogP contribution in [0.15, 0.2) is 42.5 Å². The Balaban J connectivity index is 1.84. The quantitative estimate of drug-likeness (QED) is 0.711. The van der Waals surface area contributed by atoms with Crippen LogP contribution < -0.4 is 10.6 Å². The highest BCUT2D eigenvalue weighted by atomic mass is 16.2. The highest BCUT2D eigenvalue weighted by molar-refractivity contribution is 5.89. The Labute approximate surface area is 89.2 Å². The van der Waals surface area contributed by atoms with Gasteiger partial charge in [0.15, 0.2) is 0 Å². The van der Waals surface area contributed by atoms with E-state index in [1.54, 1.807) is 0 Å². The van der Waals surface area contributed by atoms with Gasteiger partial charge in [-0.05, 0) is 25.0 Å². The number of benzene rings is 1. The van der Waals surface area contributed by atoms with Gasteiger partial charge in [-0.2, -0.15) is 0 Å². The van der Waals surface area contributed by atoms with E-state index in [9.17, 15) is 4.79 Å². The zero-order valence-corrected chi connectivity index (χ0v) is 8.44. The zero-order chi connectivity index (χ0) is 10.5. The summed E-state index contributed by atoms with van der Waals surface area (Å²) in [4.78, 5) is 11.5. The maximum absolute atomic E-state index is 11.5. The number of anilines is 1. The molecular formula is C12H14N2O. The smallest absolute Gasteiger partial charge is 0.319 e. The van der Waals surface area contributed by atoms with Crippen LogP contribution in [0.2, 0.25) is 0 Å². The molecule has 1 aliphatic rings. The lowest BCUT2D eigenvalue weighted by Crippen LogP contribution is -2.35. The van der Waals surface area contributed by atoms with Gasteiger partial charge in [0.1, 0.15) is 0 Å². The van der Waals surface area contributed by atoms with Gasteiger partial charge in [-0.1, -0.05) is 30.4 Å². The Kier molecular flexibility index (Phi) is 3.02. The van der Waals surface area contributed by atoms with Crippen LogP contribution in [-0.2, 0) is 0 Å². The van der Waals surface area contributed by atoms with E-state index in [-0.39, 0.29) is 12.1 Å². The van der Waals surface area contributed by atoms with Gasteiger partial charge in [-0.3, -0.25) is 0 Å². The molecular weight excluding hydrogens is 188 g/mol. The number of amides is 2. The van der Waals surface area contributed by atoms with Gasteiger partial charge in [0.25, 0.3) is 0 Å². The van der Waals surface area contributed by atoms with Crippen LogP contribution in [0.3, 0.4) is 0 Å². The molecule has 2 N–H and O–H groups in total. The number of hydrogen-bond donors (Lipinski definition) is 2. The molecule has 0 aromatic heterocycles. The monoisotopic (exact) mass is 202 g/mol. The Bertz CT molecular complexity index is 359. The van der Waals surface area contributed by atoms with E-state index >= 15 is 0 Å². The molecule has 78 valence electrons. The Morgan fingerprint density at radius 3 is 2.73 bits per heavy atom. The van der Waals surface area contributed by atoms with Crippen molar-refractivity contribution < 1.29 is 4.79 Å². The van der Waals surface area contributed by atoms with Crippen molar-refractivity contribution in [2.45, 2.75) is 18.9 Å². The van der Waals surface area contributed by atoms with Crippen molar-refractivity contribution >= 4 is 11.7 Å². The van der Waals surface area contributed by atoms with Crippen LogP contribution >= 0.6 is 0 Å². The number of nitrogens with one attached hydrogen (secondary N) is 2. The topological polar surface area (TPSA) is 41.1 Å². The minimum Gasteiger partial charge on any atom is -0.332 e. The minimum atomic E-state index is -0.141. The van der Waals surface area contributed by atoms with Crippen molar-refractivity contribution in [3.05, 3.63) is 42.5 Å². The molecule has 0 saturated carbocycles. The molecule has 0 spiro atoms. The molecule has 0 bridgehead atoms. The lowest BCUT2D eigenvalue weighted by Gasteiger charge is -2.11. The van der Waals surface area contributed by atoms with Crippen LogP contribution in [0.1, 0.15) is 12.8 Å². The van der Waals surface area contributed by atoms with Gasteiger partial charge in [0.05, 0.1) is 0 Å². The number of carbonyl (C=O) groups is 1. The average molecular weight is 202 g/mol. The predicted molar refractivity (Wildman–Crippen MR) is 60.8 cm³/mol. The number of hydrogen-bond acceptors (Lipinski definition) is 1. The summed E-state index contributed by atoms with van der Waals surface area (Å²) in [5, 5.41) is 5.68. The fraction of sp³-hybridized carbons (Fsp3) is 0.250. The van der Waals surface area contributed by atoms with Gasteiger partial charge in [0.2, 0.25) is 0 Å². The lowest BCUT2D eigenvalue weighted by atomic mass is 10.3. The van der Waals surface area contributed by atoms with E-state index in [2.05, 4.69) is 16.7 Å². The van der Waals surface area contributed by atoms with Crippen LogP contribution in [0.25, 0.3) is 0 Å². The van der Waals surface area contributed by atoms with E-state index in [1.807, 2.05) is 36.4 Å². The number of urea groups is 1. The van der Waals surface area contributed by atoms with Crippen molar-refractivity contribution in [2.75, 3.05) is 5.32 Å². The fourth-order valence-corrected chi connectivity index (χ4v) is 1.61. The molecule has 1 aromatic carbocycles. The van der Waals surface area contributed by atoms with Gasteiger partial charge < -0.3 is 10.6 Å². The molecule has 0 aliphatic heterocycles. The third-order valence-electron chi connectivity index (χ3n) is 2.36. The number of rotatable bonds is 2. The molecule has 3 heteroatoms. The van der Waals surface area contributed by atoms with Gasteiger partial charge >= 0.3 is 6.03 Å². The second-order valence-electron chi connectivity index (χ2n) is 3.58. The number of carbonyl (C=O) groups excluding carboxylic acids is 1. The van der Waals surface area contributed by atoms with E-state index in [0.717, 1.165) is 18.5 Å². The summed E-state index contributed by atoms with van der Waals surface area (Å²) in [7, 11) is 0. The maximum atomic E-state index is 11.5. The van der Waals surface area contributed by atoms with Crippen LogP contribution in [0, 0.1) is 0 Å². The van der Waals surface area contributed by atoms with E-state index in [4.69, 9.17) is 0 Å². The summed E-state index contributed by atoms with van der Waals surface area (Å²) in [5.74, 6) is 0. The fourth-order valence-electron chi connectivity index (χ4n) is 1.61. The first-order chi connectivity index (χ1) is 7.34. The largest absolute Gasteiger partial charge is 0.332 e. The third-order valence-corrected chi connectivity index (χ3v) is 2.36. The second-order valence-corrected chi connectivity index (χ2v) is 3.58. The van der Waals surface area contributed by atoms with Gasteiger partial charge in [0, 0.05) is 11.7 Å². The zero-order valence-electron chi connectivity index (χ0n) is 8.44. The molecule has 3 nitrogen and oxygen atoms in total. The number of para-hydroxylation sites is 1. The molecule has 1 atom stereocenters. The lowest BCUT2D eigenvalue weighted by molar-refractivity contribution is 0.250. The van der Waals surface area contributed by atoms with Crippen molar-refractivity contribution in [2.24, 2.45) is 0 Å². The average Bonchev–Trinajstić information content (AvgIpc) is 2.71. The maximum Gasteiger partial charge on any atom is 0.319 e. The van der Waals surface area contributed by atoms with E-state index in [1.165, 1.54) is 0 Å². The first-order valence-corrected chi connectivity index (χ1v) is 5.14. The molecule has 0 saturated heterocycles. The molecule has 2 amide bonds. The molecule has 1 aliphatic carbocycles. The first kappa shape index (κ1) is 9.77. The molecule has 0 heterocycles. The van der Waals surface area contributed by atoms with E-state index in [0.29, 0.717) is 0 Å². The van der Waals surface area contributed by atoms with Crippen molar-refractivity contribution in [1.82, 2.24) is 5.32 Å². The van der Waals surface area contributed by atoms with E-state index < -0.39 is 0 Å². The molecule has 15 heavy (non-hydrogen) atoms. The van der Waals surface area contributed by atoms with Gasteiger partial charge in [-0.25, -0.2) is 4.79 Å². The predicted octanol–water partition coefficient (Wildman–Crippen LogP) is 2.53. The highest BCUT2D eigenvalue weighted by Gasteiger charge is 2.11. The van der Waals surface area contributed by atoms with Crippen LogP contribution in [-0.4, -0.2) is 12.1 Å². The SMILES string of the molecule is O=C(Nc1ccccc1)NC1C=CCC1. The molecule has 1 aromatic rings. The minimum absolute atomic E-state index is 0.141. The third kappa shape index (κ3) is 2.84. The summed E-state index contributed by atoms with van der Waals surface area (Å²) in [6, 6.07) is 9.49. The number of allylic oxidation sites excluding steroid dienone is 1. The molecule has 0 radical (unpaired) electrons. The normalized spacial score (nSPS) is 18.8. The summed E-state index contributed by atoms with van der Waals surface area (Å²) >= 11 is 0. The van der Waals surface area contributed by atoms with Crippen LogP contribution in [0.4, 0.5) is 10.5 Å². The summed E-state index contributed by atoms with van der Waals surface area (Å²) in [6.45, 7) is 0. The summed E-state index contributed by atoms with van der Waals surface area (Å²) in [6.07, 6.45) is 6.18. The second kappa shape index (κ2) is 4.64. The van der Waals surface area contributed by atoms with Crippen molar-refractivity contribution in [3.8, 4) is 0 Å². The Morgan fingerprint density at radius 2 is 2.07 bits per heavy atom. The van der Waals surface area contributed by atoms with Gasteiger partial charge in [-0.15, -0.1) is 0 Å². The Hall–Kier alpha value is -1.77. The molecule has 1 unspecified atom stereocenters. The standard InChI is InChI=1S/C12H14N2O/c15-12(14-11-8-4-5-9-11)13-10-6-2-1-3-7-10/h1-4,6-8,11H,5,9H2,(H2,13,14,15). The Morgan fingerprint density at radius 1 is 1.27 bits per heavy atom. The first-order valence-electron chi connectivity index (χ1n) is 5.14. The van der Waals surface area contributed by atoms with Crippen LogP contribution in [0.5, 0.6) is 0 Å². The van der Waals surface area contributed by atoms with Crippen molar-refractivity contribution in [1.29, 1.82) is 0 Å². The van der Waals surface area contributed by atoms with Crippen molar-refractivity contribution in [3.63, 3.8) is 0 Å². The molecule has 0 fully saturated rings. The summed E-state index contributed by atoms with van der Waals surface area (Å²) < 4.78 is 0.